The highest BCUT2D eigenvalue weighted by Gasteiger charge is 2.21. The predicted molar refractivity (Wildman–Crippen MR) is 105 cm³/mol. The van der Waals surface area contributed by atoms with Gasteiger partial charge in [0, 0.05) is 38.3 Å². The molecule has 2 aromatic rings. The largest absolute Gasteiger partial charge is 0.338 e. The fraction of sp³-hybridized carbons (Fsp3) is 0.273. The van der Waals surface area contributed by atoms with Crippen LogP contribution in [0.2, 0.25) is 0 Å². The maximum Gasteiger partial charge on any atom is 0.246 e. The second-order valence-electron chi connectivity index (χ2n) is 6.69. The Kier molecular flexibility index (Phi) is 5.52. The maximum absolute atomic E-state index is 12.3. The summed E-state index contributed by atoms with van der Waals surface area (Å²) in [5.74, 6) is 0.147. The molecule has 26 heavy (non-hydrogen) atoms. The standard InChI is InChI=1S/C22H24N2O2/c1-17-6-3-4-7-19(17)16-23(2)21(25)14-11-18-9-12-20(13-10-18)24-15-5-8-22(24)26/h3-4,6-7,9-14H,5,8,15-16H2,1-2H3/b14-11+. The molecule has 0 bridgehead atoms. The van der Waals surface area contributed by atoms with Crippen molar-refractivity contribution < 1.29 is 9.59 Å². The minimum atomic E-state index is -0.0351. The molecule has 3 rings (SSSR count). The third-order valence-electron chi connectivity index (χ3n) is 4.74. The molecule has 0 saturated carbocycles. The number of likely N-dealkylation sites (N-methyl/N-ethyl adjacent to an activating group) is 1. The van der Waals surface area contributed by atoms with Crippen LogP contribution in [0.5, 0.6) is 0 Å². The van der Waals surface area contributed by atoms with Crippen LogP contribution in [0.15, 0.2) is 54.6 Å². The van der Waals surface area contributed by atoms with Crippen LogP contribution in [0.25, 0.3) is 6.08 Å². The van der Waals surface area contributed by atoms with Crippen molar-refractivity contribution in [3.8, 4) is 0 Å². The van der Waals surface area contributed by atoms with E-state index >= 15 is 0 Å². The number of nitrogens with zero attached hydrogens (tertiary/aromatic N) is 2. The number of anilines is 1. The topological polar surface area (TPSA) is 40.6 Å². The number of carbonyl (C=O) groups is 2. The second kappa shape index (κ2) is 8.00. The number of carbonyl (C=O) groups excluding carboxylic acids is 2. The van der Waals surface area contributed by atoms with Gasteiger partial charge in [0.2, 0.25) is 11.8 Å². The Morgan fingerprint density at radius 3 is 2.54 bits per heavy atom. The second-order valence-corrected chi connectivity index (χ2v) is 6.69. The highest BCUT2D eigenvalue weighted by Crippen LogP contribution is 2.22. The normalized spacial score (nSPS) is 14.2. The third-order valence-corrected chi connectivity index (χ3v) is 4.74. The molecule has 0 unspecified atom stereocenters. The van der Waals surface area contributed by atoms with Gasteiger partial charge >= 0.3 is 0 Å². The van der Waals surface area contributed by atoms with E-state index in [-0.39, 0.29) is 11.8 Å². The van der Waals surface area contributed by atoms with Gasteiger partial charge in [0.25, 0.3) is 0 Å². The molecule has 134 valence electrons. The lowest BCUT2D eigenvalue weighted by Gasteiger charge is -2.17. The maximum atomic E-state index is 12.3. The van der Waals surface area contributed by atoms with E-state index in [1.165, 1.54) is 5.56 Å². The number of hydrogen-bond acceptors (Lipinski definition) is 2. The Balaban J connectivity index is 1.61. The summed E-state index contributed by atoms with van der Waals surface area (Å²) in [4.78, 5) is 27.6. The monoisotopic (exact) mass is 348 g/mol. The van der Waals surface area contributed by atoms with E-state index in [0.717, 1.165) is 29.8 Å². The Morgan fingerprint density at radius 1 is 1.15 bits per heavy atom. The predicted octanol–water partition coefficient (Wildman–Crippen LogP) is 3.79. The van der Waals surface area contributed by atoms with Crippen LogP contribution < -0.4 is 4.90 Å². The molecule has 1 fully saturated rings. The quantitative estimate of drug-likeness (QED) is 0.771. The Morgan fingerprint density at radius 2 is 1.88 bits per heavy atom. The molecule has 1 saturated heterocycles. The Bertz CT molecular complexity index is 824. The van der Waals surface area contributed by atoms with E-state index in [1.54, 1.807) is 18.0 Å². The van der Waals surface area contributed by atoms with Gasteiger partial charge in [-0.05, 0) is 48.2 Å². The summed E-state index contributed by atoms with van der Waals surface area (Å²) in [6.45, 7) is 3.43. The summed E-state index contributed by atoms with van der Waals surface area (Å²) in [7, 11) is 1.81. The van der Waals surface area contributed by atoms with Crippen molar-refractivity contribution in [2.45, 2.75) is 26.3 Å². The first-order chi connectivity index (χ1) is 12.5. The smallest absolute Gasteiger partial charge is 0.246 e. The Labute approximate surface area is 154 Å². The number of amides is 2. The lowest BCUT2D eigenvalue weighted by Crippen LogP contribution is -2.24. The molecule has 0 aromatic heterocycles. The first-order valence-corrected chi connectivity index (χ1v) is 8.93. The van der Waals surface area contributed by atoms with Gasteiger partial charge in [0.15, 0.2) is 0 Å². The van der Waals surface area contributed by atoms with Gasteiger partial charge in [-0.15, -0.1) is 0 Å². The van der Waals surface area contributed by atoms with Crippen molar-refractivity contribution in [3.05, 3.63) is 71.3 Å². The minimum Gasteiger partial charge on any atom is -0.338 e. The van der Waals surface area contributed by atoms with E-state index in [9.17, 15) is 9.59 Å². The average Bonchev–Trinajstić information content (AvgIpc) is 3.08. The van der Waals surface area contributed by atoms with E-state index < -0.39 is 0 Å². The molecule has 0 atom stereocenters. The van der Waals surface area contributed by atoms with E-state index in [4.69, 9.17) is 0 Å². The van der Waals surface area contributed by atoms with E-state index in [1.807, 2.05) is 53.4 Å². The van der Waals surface area contributed by atoms with Crippen molar-refractivity contribution in [1.82, 2.24) is 4.90 Å². The van der Waals surface area contributed by atoms with Crippen LogP contribution in [0.1, 0.15) is 29.5 Å². The zero-order valence-electron chi connectivity index (χ0n) is 15.3. The summed E-state index contributed by atoms with van der Waals surface area (Å²) >= 11 is 0. The van der Waals surface area contributed by atoms with Crippen molar-refractivity contribution in [2.75, 3.05) is 18.5 Å². The van der Waals surface area contributed by atoms with E-state index in [0.29, 0.717) is 13.0 Å². The molecule has 0 N–H and O–H groups in total. The molecule has 1 aliphatic heterocycles. The molecule has 2 aromatic carbocycles. The molecule has 2 amide bonds. The zero-order chi connectivity index (χ0) is 18.5. The molecule has 4 heteroatoms. The van der Waals surface area contributed by atoms with Crippen molar-refractivity contribution >= 4 is 23.6 Å². The number of benzene rings is 2. The van der Waals surface area contributed by atoms with Gasteiger partial charge < -0.3 is 9.80 Å². The van der Waals surface area contributed by atoms with Crippen LogP contribution in [0.3, 0.4) is 0 Å². The molecule has 1 heterocycles. The highest BCUT2D eigenvalue weighted by molar-refractivity contribution is 5.95. The summed E-state index contributed by atoms with van der Waals surface area (Å²) in [5, 5.41) is 0. The lowest BCUT2D eigenvalue weighted by atomic mass is 10.1. The van der Waals surface area contributed by atoms with Crippen molar-refractivity contribution in [3.63, 3.8) is 0 Å². The van der Waals surface area contributed by atoms with Crippen molar-refractivity contribution in [1.29, 1.82) is 0 Å². The highest BCUT2D eigenvalue weighted by atomic mass is 16.2. The van der Waals surface area contributed by atoms with Gasteiger partial charge in [-0.1, -0.05) is 36.4 Å². The van der Waals surface area contributed by atoms with Crippen LogP contribution >= 0.6 is 0 Å². The van der Waals surface area contributed by atoms with Crippen molar-refractivity contribution in [2.24, 2.45) is 0 Å². The molecule has 0 radical (unpaired) electrons. The fourth-order valence-corrected chi connectivity index (χ4v) is 3.10. The molecule has 1 aliphatic rings. The van der Waals surface area contributed by atoms with Crippen LogP contribution in [-0.2, 0) is 16.1 Å². The molecule has 0 spiro atoms. The number of aryl methyl sites for hydroxylation is 1. The summed E-state index contributed by atoms with van der Waals surface area (Å²) in [5.41, 5.74) is 4.20. The minimum absolute atomic E-state index is 0.0351. The molecular formula is C22H24N2O2. The van der Waals surface area contributed by atoms with Gasteiger partial charge in [-0.2, -0.15) is 0 Å². The molecule has 0 aliphatic carbocycles. The first-order valence-electron chi connectivity index (χ1n) is 8.93. The summed E-state index contributed by atoms with van der Waals surface area (Å²) < 4.78 is 0. The molecule has 4 nitrogen and oxygen atoms in total. The van der Waals surface area contributed by atoms with Gasteiger partial charge in [-0.3, -0.25) is 9.59 Å². The first kappa shape index (κ1) is 17.9. The van der Waals surface area contributed by atoms with Gasteiger partial charge in [-0.25, -0.2) is 0 Å². The average molecular weight is 348 g/mol. The Hall–Kier alpha value is -2.88. The van der Waals surface area contributed by atoms with Crippen LogP contribution in [-0.4, -0.2) is 30.3 Å². The fourth-order valence-electron chi connectivity index (χ4n) is 3.10. The van der Waals surface area contributed by atoms with Gasteiger partial charge in [0.1, 0.15) is 0 Å². The summed E-state index contributed by atoms with van der Waals surface area (Å²) in [6, 6.07) is 15.8. The van der Waals surface area contributed by atoms with E-state index in [2.05, 4.69) is 13.0 Å². The van der Waals surface area contributed by atoms with Crippen LogP contribution in [0.4, 0.5) is 5.69 Å². The van der Waals surface area contributed by atoms with Gasteiger partial charge in [0.05, 0.1) is 0 Å². The SMILES string of the molecule is Cc1ccccc1CN(C)C(=O)/C=C/c1ccc(N2CCCC2=O)cc1. The lowest BCUT2D eigenvalue weighted by molar-refractivity contribution is -0.125. The van der Waals surface area contributed by atoms with Crippen LogP contribution in [0, 0.1) is 6.92 Å². The summed E-state index contributed by atoms with van der Waals surface area (Å²) in [6.07, 6.45) is 4.95. The molecular weight excluding hydrogens is 324 g/mol. The number of rotatable bonds is 5. The third kappa shape index (κ3) is 4.20. The zero-order valence-corrected chi connectivity index (χ0v) is 15.3. The number of hydrogen-bond donors (Lipinski definition) is 0.